The van der Waals surface area contributed by atoms with Crippen molar-refractivity contribution in [3.05, 3.63) is 34.9 Å². The summed E-state index contributed by atoms with van der Waals surface area (Å²) < 4.78 is 0. The molecule has 6 fully saturated rings. The molecule has 6 aliphatic carbocycles. The van der Waals surface area contributed by atoms with Crippen LogP contribution >= 0.6 is 11.6 Å². The van der Waals surface area contributed by atoms with Crippen molar-refractivity contribution in [3.63, 3.8) is 0 Å². The third-order valence-electron chi connectivity index (χ3n) is 13.0. The second kappa shape index (κ2) is 4.10. The first-order valence-electron chi connectivity index (χ1n) is 10.5. The molecule has 7 rings (SSSR count). The molecule has 144 valence electrons. The Labute approximate surface area is 166 Å². The largest absolute Gasteiger partial charge is 0.0843 e. The van der Waals surface area contributed by atoms with Gasteiger partial charge in [0, 0.05) is 5.02 Å². The summed E-state index contributed by atoms with van der Waals surface area (Å²) in [6.07, 6.45) is 0. The molecule has 0 aliphatic heterocycles. The van der Waals surface area contributed by atoms with Crippen molar-refractivity contribution in [3.8, 4) is 0 Å². The Balaban J connectivity index is 0.000000144. The maximum atomic E-state index is 5.61. The highest BCUT2D eigenvalue weighted by Crippen LogP contribution is 3.32. The van der Waals surface area contributed by atoms with Gasteiger partial charge in [-0.2, -0.15) is 0 Å². The van der Waals surface area contributed by atoms with E-state index in [1.807, 2.05) is 45.0 Å². The molecule has 0 N–H and O–H groups in total. The van der Waals surface area contributed by atoms with Gasteiger partial charge in [-0.3, -0.25) is 0 Å². The zero-order chi connectivity index (χ0) is 20.0. The SMILES string of the molecule is CC.CC12C3(C)C4(C)C1(C)C1(C)C2(C)C3(C)C41C.Cc1ccc(Cl)cc1. The van der Waals surface area contributed by atoms with Crippen molar-refractivity contribution in [1.29, 1.82) is 0 Å². The van der Waals surface area contributed by atoms with Gasteiger partial charge in [-0.1, -0.05) is 98.5 Å². The first-order valence-corrected chi connectivity index (χ1v) is 10.9. The maximum absolute atomic E-state index is 5.61. The summed E-state index contributed by atoms with van der Waals surface area (Å²) in [7, 11) is 0. The molecule has 26 heavy (non-hydrogen) atoms. The minimum absolute atomic E-state index is 0.642. The molecule has 1 aromatic carbocycles. The number of rotatable bonds is 0. The van der Waals surface area contributed by atoms with Crippen LogP contribution in [0.2, 0.25) is 5.02 Å². The third-order valence-corrected chi connectivity index (χ3v) is 13.3. The molecule has 0 heterocycles. The van der Waals surface area contributed by atoms with E-state index in [4.69, 9.17) is 11.6 Å². The molecular formula is C25H37Cl. The molecule has 6 aliphatic rings. The zero-order valence-corrected chi connectivity index (χ0v) is 19.4. The summed E-state index contributed by atoms with van der Waals surface area (Å²) in [6.45, 7) is 26.9. The predicted molar refractivity (Wildman–Crippen MR) is 112 cm³/mol. The monoisotopic (exact) mass is 372 g/mol. The van der Waals surface area contributed by atoms with E-state index in [0.717, 1.165) is 5.02 Å². The van der Waals surface area contributed by atoms with Gasteiger partial charge < -0.3 is 0 Å². The van der Waals surface area contributed by atoms with Gasteiger partial charge in [0.2, 0.25) is 0 Å². The minimum Gasteiger partial charge on any atom is -0.0843 e. The van der Waals surface area contributed by atoms with E-state index in [-0.39, 0.29) is 0 Å². The summed E-state index contributed by atoms with van der Waals surface area (Å²) >= 11 is 5.61. The van der Waals surface area contributed by atoms with E-state index in [1.54, 1.807) is 0 Å². The second-order valence-electron chi connectivity index (χ2n) is 10.8. The zero-order valence-electron chi connectivity index (χ0n) is 18.7. The topological polar surface area (TPSA) is 0 Å². The van der Waals surface area contributed by atoms with E-state index in [0.29, 0.717) is 43.3 Å². The van der Waals surface area contributed by atoms with Gasteiger partial charge in [-0.15, -0.1) is 0 Å². The standard InChI is InChI=1S/C16H24.C7H7Cl.C2H6/c1-9-10(2)13(5)11(9,3)15(7)12(9,4)14(10,6)16(13,15)8;1-6-2-4-7(8)5-3-6;1-2/h1-8H3;2-5H,1H3;1-2H3. The van der Waals surface area contributed by atoms with E-state index in [9.17, 15) is 0 Å². The molecule has 0 aromatic heterocycles. The maximum Gasteiger partial charge on any atom is 0.0406 e. The van der Waals surface area contributed by atoms with Crippen molar-refractivity contribution in [2.45, 2.75) is 76.2 Å². The molecule has 0 bridgehead atoms. The first-order chi connectivity index (χ1) is 11.8. The molecule has 0 radical (unpaired) electrons. The lowest BCUT2D eigenvalue weighted by Gasteiger charge is -3.32. The molecule has 1 aromatic rings. The number of hydrogen-bond donors (Lipinski definition) is 0. The van der Waals surface area contributed by atoms with E-state index < -0.39 is 0 Å². The highest BCUT2D eigenvalue weighted by atomic mass is 35.5. The lowest BCUT2D eigenvalue weighted by molar-refractivity contribution is -0.862. The van der Waals surface area contributed by atoms with Crippen LogP contribution in [0, 0.1) is 50.2 Å². The fourth-order valence-corrected chi connectivity index (χ4v) is 12.3. The van der Waals surface area contributed by atoms with Gasteiger partial charge >= 0.3 is 0 Å². The molecule has 0 nitrogen and oxygen atoms in total. The van der Waals surface area contributed by atoms with Crippen LogP contribution < -0.4 is 0 Å². The van der Waals surface area contributed by atoms with Crippen LogP contribution in [0.3, 0.4) is 0 Å². The van der Waals surface area contributed by atoms with Crippen LogP contribution in [0.1, 0.15) is 74.8 Å². The van der Waals surface area contributed by atoms with Gasteiger partial charge in [0.1, 0.15) is 0 Å². The fraction of sp³-hybridized carbons (Fsp3) is 0.760. The Morgan fingerprint density at radius 1 is 0.500 bits per heavy atom. The number of benzene rings is 1. The van der Waals surface area contributed by atoms with Crippen LogP contribution in [-0.4, -0.2) is 0 Å². The van der Waals surface area contributed by atoms with Crippen LogP contribution in [0.5, 0.6) is 0 Å². The quantitative estimate of drug-likeness (QED) is 0.436. The Morgan fingerprint density at radius 2 is 0.692 bits per heavy atom. The van der Waals surface area contributed by atoms with Crippen LogP contribution in [0.25, 0.3) is 0 Å². The van der Waals surface area contributed by atoms with Crippen molar-refractivity contribution in [2.24, 2.45) is 43.3 Å². The van der Waals surface area contributed by atoms with Crippen molar-refractivity contribution < 1.29 is 0 Å². The lowest BCUT2D eigenvalue weighted by atomic mass is 8.71. The molecule has 0 amide bonds. The van der Waals surface area contributed by atoms with Gasteiger partial charge in [0.25, 0.3) is 0 Å². The van der Waals surface area contributed by atoms with Gasteiger partial charge in [-0.25, -0.2) is 0 Å². The van der Waals surface area contributed by atoms with Gasteiger partial charge in [0.15, 0.2) is 0 Å². The highest BCUT2D eigenvalue weighted by Gasteiger charge is 3.29. The number of halogens is 1. The average molecular weight is 373 g/mol. The van der Waals surface area contributed by atoms with Gasteiger partial charge in [0.05, 0.1) is 0 Å². The van der Waals surface area contributed by atoms with Gasteiger partial charge in [-0.05, 0) is 62.4 Å². The smallest absolute Gasteiger partial charge is 0.0406 e. The number of aryl methyl sites for hydroxylation is 1. The van der Waals surface area contributed by atoms with E-state index >= 15 is 0 Å². The lowest BCUT2D eigenvalue weighted by Crippen LogP contribution is -3.29. The minimum atomic E-state index is 0.642. The Bertz CT molecular complexity index is 586. The summed E-state index contributed by atoms with van der Waals surface area (Å²) in [5.74, 6) is 0. The highest BCUT2D eigenvalue weighted by molar-refractivity contribution is 6.30. The Morgan fingerprint density at radius 3 is 0.846 bits per heavy atom. The predicted octanol–water partition coefficient (Wildman–Crippen LogP) is 7.78. The van der Waals surface area contributed by atoms with E-state index in [1.165, 1.54) is 5.56 Å². The summed E-state index contributed by atoms with van der Waals surface area (Å²) in [5, 5.41) is 0.801. The fourth-order valence-electron chi connectivity index (χ4n) is 12.2. The molecule has 6 saturated carbocycles. The van der Waals surface area contributed by atoms with E-state index in [2.05, 4.69) is 55.4 Å². The summed E-state index contributed by atoms with van der Waals surface area (Å²) in [5.41, 5.74) is 6.38. The Kier molecular flexibility index (Phi) is 2.97. The summed E-state index contributed by atoms with van der Waals surface area (Å²) in [6, 6.07) is 7.75. The number of hydrogen-bond acceptors (Lipinski definition) is 0. The molecule has 0 unspecified atom stereocenters. The second-order valence-corrected chi connectivity index (χ2v) is 11.2. The molecule has 0 spiro atoms. The molecule has 0 atom stereocenters. The molecule has 0 saturated heterocycles. The Hall–Kier alpha value is -0.490. The molecule has 1 heteroatoms. The van der Waals surface area contributed by atoms with Crippen molar-refractivity contribution >= 4 is 11.6 Å². The van der Waals surface area contributed by atoms with Crippen molar-refractivity contribution in [1.82, 2.24) is 0 Å². The average Bonchev–Trinajstić information content (AvgIpc) is 2.65. The molecular weight excluding hydrogens is 336 g/mol. The summed E-state index contributed by atoms with van der Waals surface area (Å²) in [4.78, 5) is 0. The van der Waals surface area contributed by atoms with Crippen LogP contribution in [-0.2, 0) is 0 Å². The van der Waals surface area contributed by atoms with Crippen molar-refractivity contribution in [2.75, 3.05) is 0 Å². The van der Waals surface area contributed by atoms with Crippen LogP contribution in [0.15, 0.2) is 24.3 Å². The third kappa shape index (κ3) is 0.863. The normalized spacial score (nSPS) is 63.1. The first kappa shape index (κ1) is 18.9. The van der Waals surface area contributed by atoms with Crippen LogP contribution in [0.4, 0.5) is 0 Å².